The van der Waals surface area contributed by atoms with Gasteiger partial charge in [-0.15, -0.1) is 21.5 Å². The van der Waals surface area contributed by atoms with Crippen LogP contribution in [-0.4, -0.2) is 39.0 Å². The summed E-state index contributed by atoms with van der Waals surface area (Å²) in [6, 6.07) is 10.3. The van der Waals surface area contributed by atoms with Crippen molar-refractivity contribution in [2.24, 2.45) is 0 Å². The van der Waals surface area contributed by atoms with Crippen LogP contribution in [0, 0.1) is 13.8 Å². The third kappa shape index (κ3) is 5.77. The van der Waals surface area contributed by atoms with Crippen molar-refractivity contribution in [3.8, 4) is 0 Å². The Hall–Kier alpha value is -2.65. The van der Waals surface area contributed by atoms with Crippen molar-refractivity contribution in [3.05, 3.63) is 57.7 Å². The van der Waals surface area contributed by atoms with Gasteiger partial charge in [0, 0.05) is 17.8 Å². The molecule has 0 aliphatic heterocycles. The highest BCUT2D eigenvalue weighted by atomic mass is 32.2. The maximum absolute atomic E-state index is 12.6. The second-order valence-electron chi connectivity index (χ2n) is 7.17. The number of amides is 1. The zero-order chi connectivity index (χ0) is 23.1. The molecule has 32 heavy (non-hydrogen) atoms. The normalized spacial score (nSPS) is 10.9. The molecule has 2 heterocycles. The number of hydrogen-bond acceptors (Lipinski definition) is 7. The Morgan fingerprint density at radius 2 is 1.88 bits per heavy atom. The van der Waals surface area contributed by atoms with E-state index in [0.717, 1.165) is 40.8 Å². The van der Waals surface area contributed by atoms with E-state index >= 15 is 0 Å². The summed E-state index contributed by atoms with van der Waals surface area (Å²) in [5, 5.41) is 12.8. The minimum atomic E-state index is -0.411. The predicted molar refractivity (Wildman–Crippen MR) is 129 cm³/mol. The number of carbonyl (C=O) groups is 2. The van der Waals surface area contributed by atoms with Gasteiger partial charge in [-0.25, -0.2) is 4.79 Å². The molecule has 170 valence electrons. The smallest absolute Gasteiger partial charge is 0.341 e. The van der Waals surface area contributed by atoms with Crippen LogP contribution in [0.15, 0.2) is 35.5 Å². The van der Waals surface area contributed by atoms with Crippen LogP contribution in [0.4, 0.5) is 5.00 Å². The molecule has 0 fully saturated rings. The Bertz CT molecular complexity index is 1080. The Morgan fingerprint density at radius 1 is 1.12 bits per heavy atom. The van der Waals surface area contributed by atoms with Gasteiger partial charge < -0.3 is 14.6 Å². The van der Waals surface area contributed by atoms with E-state index in [0.29, 0.717) is 10.6 Å². The number of nitrogens with one attached hydrogen (secondary N) is 1. The summed E-state index contributed by atoms with van der Waals surface area (Å²) in [6.07, 6.45) is 1.67. The first kappa shape index (κ1) is 24.0. The molecule has 0 saturated heterocycles. The summed E-state index contributed by atoms with van der Waals surface area (Å²) < 4.78 is 7.20. The molecule has 0 saturated carbocycles. The van der Waals surface area contributed by atoms with Gasteiger partial charge in [-0.05, 0) is 45.2 Å². The molecule has 2 aromatic heterocycles. The summed E-state index contributed by atoms with van der Waals surface area (Å²) in [5.41, 5.74) is 2.53. The summed E-state index contributed by atoms with van der Waals surface area (Å²) in [7, 11) is 0. The second-order valence-corrected chi connectivity index (χ2v) is 9.34. The predicted octanol–water partition coefficient (Wildman–Crippen LogP) is 4.67. The van der Waals surface area contributed by atoms with Crippen LogP contribution < -0.4 is 5.32 Å². The number of nitrogens with zero attached hydrogens (tertiary/aromatic N) is 3. The van der Waals surface area contributed by atoms with Gasteiger partial charge in [-0.3, -0.25) is 4.79 Å². The molecular weight excluding hydrogens is 444 g/mol. The van der Waals surface area contributed by atoms with Gasteiger partial charge in [0.1, 0.15) is 10.8 Å². The summed E-state index contributed by atoms with van der Waals surface area (Å²) in [4.78, 5) is 25.9. The number of esters is 1. The van der Waals surface area contributed by atoms with Crippen LogP contribution in [0.25, 0.3) is 0 Å². The van der Waals surface area contributed by atoms with Gasteiger partial charge in [0.2, 0.25) is 5.91 Å². The molecule has 0 aliphatic carbocycles. The van der Waals surface area contributed by atoms with Crippen LogP contribution in [0.3, 0.4) is 0 Å². The van der Waals surface area contributed by atoms with E-state index in [4.69, 9.17) is 4.74 Å². The Balaban J connectivity index is 1.62. The number of anilines is 1. The molecular formula is C23H28N4O3S2. The maximum Gasteiger partial charge on any atom is 0.341 e. The standard InChI is InChI=1S/C23H28N4O3S2/c1-5-27-18(13-12-17-10-8-7-9-11-17)25-26-23(27)31-14-19(28)24-21-20(22(29)30-6-2)15(3)16(4)32-21/h7-11H,5-6,12-14H2,1-4H3,(H,24,28). The van der Waals surface area contributed by atoms with Crippen molar-refractivity contribution in [1.29, 1.82) is 0 Å². The van der Waals surface area contributed by atoms with Crippen molar-refractivity contribution in [1.82, 2.24) is 14.8 Å². The maximum atomic E-state index is 12.6. The van der Waals surface area contributed by atoms with Crippen LogP contribution >= 0.6 is 23.1 Å². The Kier molecular flexibility index (Phi) is 8.46. The van der Waals surface area contributed by atoms with Gasteiger partial charge in [0.25, 0.3) is 0 Å². The summed E-state index contributed by atoms with van der Waals surface area (Å²) >= 11 is 2.73. The van der Waals surface area contributed by atoms with Crippen molar-refractivity contribution in [2.75, 3.05) is 17.7 Å². The quantitative estimate of drug-likeness (QED) is 0.341. The first-order chi connectivity index (χ1) is 15.4. The first-order valence-electron chi connectivity index (χ1n) is 10.6. The lowest BCUT2D eigenvalue weighted by Crippen LogP contribution is -2.17. The highest BCUT2D eigenvalue weighted by molar-refractivity contribution is 7.99. The lowest BCUT2D eigenvalue weighted by Gasteiger charge is -2.08. The topological polar surface area (TPSA) is 86.1 Å². The molecule has 0 radical (unpaired) electrons. The SMILES string of the molecule is CCOC(=O)c1c(NC(=O)CSc2nnc(CCc3ccccc3)n2CC)sc(C)c1C. The van der Waals surface area contributed by atoms with E-state index in [1.54, 1.807) is 6.92 Å². The van der Waals surface area contributed by atoms with Gasteiger partial charge >= 0.3 is 5.97 Å². The van der Waals surface area contributed by atoms with Gasteiger partial charge in [0.05, 0.1) is 17.9 Å². The monoisotopic (exact) mass is 472 g/mol. The second kappa shape index (κ2) is 11.3. The number of thioether (sulfide) groups is 1. The summed E-state index contributed by atoms with van der Waals surface area (Å²) in [6.45, 7) is 8.62. The van der Waals surface area contributed by atoms with Crippen LogP contribution in [0.5, 0.6) is 0 Å². The molecule has 0 spiro atoms. The molecule has 9 heteroatoms. The van der Waals surface area contributed by atoms with Gasteiger partial charge in [0.15, 0.2) is 5.16 Å². The molecule has 3 aromatic rings. The zero-order valence-electron chi connectivity index (χ0n) is 18.8. The highest BCUT2D eigenvalue weighted by Crippen LogP contribution is 2.33. The van der Waals surface area contributed by atoms with Crippen molar-refractivity contribution in [2.45, 2.75) is 52.2 Å². The molecule has 1 aromatic carbocycles. The van der Waals surface area contributed by atoms with Crippen molar-refractivity contribution in [3.63, 3.8) is 0 Å². The molecule has 1 amide bonds. The lowest BCUT2D eigenvalue weighted by molar-refractivity contribution is -0.113. The number of benzene rings is 1. The molecule has 0 bridgehead atoms. The molecule has 0 aliphatic rings. The van der Waals surface area contributed by atoms with Crippen LogP contribution in [0.2, 0.25) is 0 Å². The fourth-order valence-electron chi connectivity index (χ4n) is 3.29. The third-order valence-electron chi connectivity index (χ3n) is 5.04. The third-order valence-corrected chi connectivity index (χ3v) is 7.13. The lowest BCUT2D eigenvalue weighted by atomic mass is 10.1. The number of aromatic nitrogens is 3. The number of carbonyl (C=O) groups excluding carboxylic acids is 2. The molecule has 0 atom stereocenters. The number of rotatable bonds is 10. The van der Waals surface area contributed by atoms with Gasteiger partial charge in [-0.1, -0.05) is 42.1 Å². The van der Waals surface area contributed by atoms with E-state index in [1.807, 2.05) is 43.5 Å². The average molecular weight is 473 g/mol. The fraction of sp³-hybridized carbons (Fsp3) is 0.391. The Labute approximate surface area is 196 Å². The van der Waals surface area contributed by atoms with E-state index in [9.17, 15) is 9.59 Å². The molecule has 1 N–H and O–H groups in total. The van der Waals surface area contributed by atoms with Crippen molar-refractivity contribution < 1.29 is 14.3 Å². The van der Waals surface area contributed by atoms with E-state index < -0.39 is 5.97 Å². The first-order valence-corrected chi connectivity index (χ1v) is 12.4. The van der Waals surface area contributed by atoms with E-state index in [1.165, 1.54) is 28.7 Å². The zero-order valence-corrected chi connectivity index (χ0v) is 20.4. The van der Waals surface area contributed by atoms with Crippen molar-refractivity contribution >= 4 is 40.0 Å². The molecule has 7 nitrogen and oxygen atoms in total. The average Bonchev–Trinajstić information content (AvgIpc) is 3.31. The van der Waals surface area contributed by atoms with Crippen LogP contribution in [0.1, 0.15) is 46.0 Å². The minimum Gasteiger partial charge on any atom is -0.462 e. The van der Waals surface area contributed by atoms with Crippen LogP contribution in [-0.2, 0) is 28.9 Å². The fourth-order valence-corrected chi connectivity index (χ4v) is 5.17. The molecule has 0 unspecified atom stereocenters. The number of ether oxygens (including phenoxy) is 1. The molecule has 3 rings (SSSR count). The summed E-state index contributed by atoms with van der Waals surface area (Å²) in [5.74, 6) is 0.479. The van der Waals surface area contributed by atoms with E-state index in [2.05, 4.69) is 27.6 Å². The number of hydrogen-bond donors (Lipinski definition) is 1. The van der Waals surface area contributed by atoms with Gasteiger partial charge in [-0.2, -0.15) is 0 Å². The van der Waals surface area contributed by atoms with E-state index in [-0.39, 0.29) is 18.3 Å². The number of thiophene rings is 1. The highest BCUT2D eigenvalue weighted by Gasteiger charge is 2.22. The number of aryl methyl sites for hydroxylation is 3. The minimum absolute atomic E-state index is 0.176. The largest absolute Gasteiger partial charge is 0.462 e. The Morgan fingerprint density at radius 3 is 2.56 bits per heavy atom.